The van der Waals surface area contributed by atoms with Crippen LogP contribution in [-0.4, -0.2) is 24.2 Å². The van der Waals surface area contributed by atoms with E-state index in [4.69, 9.17) is 4.52 Å². The second-order valence-electron chi connectivity index (χ2n) is 5.41. The number of hydrogen-bond acceptors (Lipinski definition) is 3. The number of nitrogens with zero attached hydrogens (tertiary/aromatic N) is 2. The van der Waals surface area contributed by atoms with Crippen LogP contribution in [0.2, 0.25) is 0 Å². The molecule has 0 aliphatic heterocycles. The Bertz CT molecular complexity index is 699. The number of aliphatic imine (C=N–C) groups is 1. The van der Waals surface area contributed by atoms with Crippen LogP contribution in [0.3, 0.4) is 0 Å². The average molecular weight is 464 g/mol. The molecule has 138 valence electrons. The first-order valence-corrected chi connectivity index (χ1v) is 7.89. The van der Waals surface area contributed by atoms with Crippen LogP contribution in [-0.2, 0) is 13.0 Å². The maximum Gasteiger partial charge on any atom is 0.191 e. The highest BCUT2D eigenvalue weighted by molar-refractivity contribution is 14.0. The number of aryl methyl sites for hydroxylation is 2. The van der Waals surface area contributed by atoms with Gasteiger partial charge < -0.3 is 15.2 Å². The van der Waals surface area contributed by atoms with E-state index in [2.05, 4.69) is 20.8 Å². The molecular formula is C17H23F2IN4O. The van der Waals surface area contributed by atoms with E-state index < -0.39 is 11.6 Å². The lowest BCUT2D eigenvalue weighted by Gasteiger charge is -2.11. The van der Waals surface area contributed by atoms with E-state index in [1.165, 1.54) is 0 Å². The molecule has 8 heteroatoms. The Balaban J connectivity index is 0.00000312. The SMILES string of the molecule is CCNC(=NCc1cc(F)ccc1F)NCCc1c(C)noc1C.I. The van der Waals surface area contributed by atoms with Crippen LogP contribution in [0.25, 0.3) is 0 Å². The van der Waals surface area contributed by atoms with Gasteiger partial charge in [0.05, 0.1) is 12.2 Å². The first kappa shape index (κ1) is 21.3. The van der Waals surface area contributed by atoms with Gasteiger partial charge >= 0.3 is 0 Å². The quantitative estimate of drug-likeness (QED) is 0.391. The molecule has 1 aromatic heterocycles. The number of hydrogen-bond donors (Lipinski definition) is 2. The predicted octanol–water partition coefficient (Wildman–Crippen LogP) is 3.49. The molecule has 2 rings (SSSR count). The third kappa shape index (κ3) is 6.26. The second kappa shape index (κ2) is 10.3. The minimum atomic E-state index is -0.474. The molecule has 0 amide bonds. The molecule has 0 fully saturated rings. The topological polar surface area (TPSA) is 62.5 Å². The van der Waals surface area contributed by atoms with Crippen molar-refractivity contribution in [2.45, 2.75) is 33.7 Å². The Kier molecular flexibility index (Phi) is 8.81. The van der Waals surface area contributed by atoms with Crippen molar-refractivity contribution >= 4 is 29.9 Å². The van der Waals surface area contributed by atoms with E-state index in [1.54, 1.807) is 0 Å². The van der Waals surface area contributed by atoms with E-state index >= 15 is 0 Å². The van der Waals surface area contributed by atoms with Gasteiger partial charge in [0.15, 0.2) is 5.96 Å². The molecule has 2 N–H and O–H groups in total. The maximum absolute atomic E-state index is 13.6. The van der Waals surface area contributed by atoms with Gasteiger partial charge in [-0.2, -0.15) is 0 Å². The summed E-state index contributed by atoms with van der Waals surface area (Å²) in [6.45, 7) is 7.07. The molecular weight excluding hydrogens is 441 g/mol. The summed E-state index contributed by atoms with van der Waals surface area (Å²) in [6.07, 6.45) is 0.736. The highest BCUT2D eigenvalue weighted by Gasteiger charge is 2.09. The van der Waals surface area contributed by atoms with Crippen molar-refractivity contribution in [3.63, 3.8) is 0 Å². The van der Waals surface area contributed by atoms with Crippen LogP contribution in [0, 0.1) is 25.5 Å². The van der Waals surface area contributed by atoms with Crippen molar-refractivity contribution < 1.29 is 13.3 Å². The Labute approximate surface area is 163 Å². The first-order chi connectivity index (χ1) is 11.5. The van der Waals surface area contributed by atoms with Crippen molar-refractivity contribution in [2.75, 3.05) is 13.1 Å². The third-order valence-corrected chi connectivity index (χ3v) is 3.61. The molecule has 0 aliphatic carbocycles. The number of rotatable bonds is 6. The molecule has 5 nitrogen and oxygen atoms in total. The van der Waals surface area contributed by atoms with Crippen molar-refractivity contribution in [3.05, 3.63) is 52.4 Å². The normalized spacial score (nSPS) is 11.2. The van der Waals surface area contributed by atoms with Crippen LogP contribution in [0.4, 0.5) is 8.78 Å². The van der Waals surface area contributed by atoms with Gasteiger partial charge in [0.2, 0.25) is 0 Å². The Hall–Kier alpha value is -1.71. The van der Waals surface area contributed by atoms with Gasteiger partial charge in [0.25, 0.3) is 0 Å². The Morgan fingerprint density at radius 1 is 1.24 bits per heavy atom. The highest BCUT2D eigenvalue weighted by Crippen LogP contribution is 2.12. The predicted molar refractivity (Wildman–Crippen MR) is 104 cm³/mol. The van der Waals surface area contributed by atoms with Crippen LogP contribution in [0.5, 0.6) is 0 Å². The summed E-state index contributed by atoms with van der Waals surface area (Å²) in [7, 11) is 0. The smallest absolute Gasteiger partial charge is 0.191 e. The van der Waals surface area contributed by atoms with Gasteiger partial charge in [0, 0.05) is 24.2 Å². The fourth-order valence-corrected chi connectivity index (χ4v) is 2.34. The lowest BCUT2D eigenvalue weighted by Crippen LogP contribution is -2.38. The number of guanidine groups is 1. The van der Waals surface area contributed by atoms with E-state index in [9.17, 15) is 8.78 Å². The Morgan fingerprint density at radius 3 is 2.64 bits per heavy atom. The van der Waals surface area contributed by atoms with Crippen LogP contribution in [0.1, 0.15) is 29.5 Å². The lowest BCUT2D eigenvalue weighted by molar-refractivity contribution is 0.392. The molecule has 0 atom stereocenters. The van der Waals surface area contributed by atoms with E-state index in [0.29, 0.717) is 19.0 Å². The van der Waals surface area contributed by atoms with Gasteiger partial charge in [-0.1, -0.05) is 5.16 Å². The molecule has 2 aromatic rings. The molecule has 0 spiro atoms. The maximum atomic E-state index is 13.6. The standard InChI is InChI=1S/C17H22F2N4O.HI/c1-4-20-17(21-8-7-15-11(2)23-24-12(15)3)22-10-13-9-14(18)5-6-16(13)19;/h5-6,9H,4,7-8,10H2,1-3H3,(H2,20,21,22);1H. The summed E-state index contributed by atoms with van der Waals surface area (Å²) in [5.41, 5.74) is 2.16. The Morgan fingerprint density at radius 2 is 2.00 bits per heavy atom. The number of halogens is 3. The minimum Gasteiger partial charge on any atom is -0.361 e. The molecule has 0 radical (unpaired) electrons. The van der Waals surface area contributed by atoms with E-state index in [-0.39, 0.29) is 36.1 Å². The minimum absolute atomic E-state index is 0. The van der Waals surface area contributed by atoms with Crippen molar-refractivity contribution in [2.24, 2.45) is 4.99 Å². The largest absolute Gasteiger partial charge is 0.361 e. The molecule has 0 bridgehead atoms. The van der Waals surface area contributed by atoms with Gasteiger partial charge in [0.1, 0.15) is 17.4 Å². The highest BCUT2D eigenvalue weighted by atomic mass is 127. The summed E-state index contributed by atoms with van der Waals surface area (Å²) < 4.78 is 32.0. The summed E-state index contributed by atoms with van der Waals surface area (Å²) in [6, 6.07) is 3.36. The summed E-state index contributed by atoms with van der Waals surface area (Å²) in [4.78, 5) is 4.30. The first-order valence-electron chi connectivity index (χ1n) is 7.89. The van der Waals surface area contributed by atoms with Crippen molar-refractivity contribution in [3.8, 4) is 0 Å². The molecule has 1 aromatic carbocycles. The van der Waals surface area contributed by atoms with Crippen molar-refractivity contribution in [1.29, 1.82) is 0 Å². The van der Waals surface area contributed by atoms with Gasteiger partial charge in [-0.25, -0.2) is 13.8 Å². The zero-order valence-electron chi connectivity index (χ0n) is 14.5. The van der Waals surface area contributed by atoms with Gasteiger partial charge in [-0.15, -0.1) is 24.0 Å². The summed E-state index contributed by atoms with van der Waals surface area (Å²) in [5.74, 6) is 0.413. The number of aromatic nitrogens is 1. The molecule has 0 unspecified atom stereocenters. The molecule has 25 heavy (non-hydrogen) atoms. The fraction of sp³-hybridized carbons (Fsp3) is 0.412. The summed E-state index contributed by atoms with van der Waals surface area (Å²) in [5, 5.41) is 10.2. The van der Waals surface area contributed by atoms with E-state index in [0.717, 1.165) is 41.6 Å². The number of benzene rings is 1. The van der Waals surface area contributed by atoms with Gasteiger partial charge in [-0.05, 0) is 45.4 Å². The van der Waals surface area contributed by atoms with E-state index in [1.807, 2.05) is 20.8 Å². The van der Waals surface area contributed by atoms with Gasteiger partial charge in [-0.3, -0.25) is 0 Å². The summed E-state index contributed by atoms with van der Waals surface area (Å²) >= 11 is 0. The zero-order valence-corrected chi connectivity index (χ0v) is 16.9. The van der Waals surface area contributed by atoms with Crippen LogP contribution < -0.4 is 10.6 Å². The lowest BCUT2D eigenvalue weighted by atomic mass is 10.1. The zero-order chi connectivity index (χ0) is 17.5. The van der Waals surface area contributed by atoms with Crippen molar-refractivity contribution in [1.82, 2.24) is 15.8 Å². The van der Waals surface area contributed by atoms with Crippen LogP contribution in [0.15, 0.2) is 27.7 Å². The molecule has 0 aliphatic rings. The number of nitrogens with one attached hydrogen (secondary N) is 2. The molecule has 0 saturated carbocycles. The second-order valence-corrected chi connectivity index (χ2v) is 5.41. The van der Waals surface area contributed by atoms with Crippen LogP contribution >= 0.6 is 24.0 Å². The monoisotopic (exact) mass is 464 g/mol. The average Bonchev–Trinajstić information content (AvgIpc) is 2.87. The third-order valence-electron chi connectivity index (χ3n) is 3.61. The fourth-order valence-electron chi connectivity index (χ4n) is 2.34. The molecule has 0 saturated heterocycles. The molecule has 1 heterocycles.